The molecule has 1 radical (unpaired) electrons. The monoisotopic (exact) mass is 208 g/mol. The second-order valence-corrected chi connectivity index (χ2v) is 2.65. The molecule has 0 fully saturated rings. The standard InChI is InChI=1S/C10H10NO4/c1-14-10(13)8(9(11)12)15-7-5-3-2-4-6-7/h2-5,8H,1H3,(H2,11,12)/t8-/m0/s1. The number of rotatable bonds is 4. The van der Waals surface area contributed by atoms with Gasteiger partial charge in [0.1, 0.15) is 5.75 Å². The fraction of sp³-hybridized carbons (Fsp3) is 0.200. The normalized spacial score (nSPS) is 11.5. The summed E-state index contributed by atoms with van der Waals surface area (Å²) in [5, 5.41) is 0. The summed E-state index contributed by atoms with van der Waals surface area (Å²) in [5.74, 6) is -1.48. The first-order valence-corrected chi connectivity index (χ1v) is 4.15. The summed E-state index contributed by atoms with van der Waals surface area (Å²) < 4.78 is 9.39. The Kier molecular flexibility index (Phi) is 3.68. The van der Waals surface area contributed by atoms with Crippen molar-refractivity contribution in [1.82, 2.24) is 0 Å². The van der Waals surface area contributed by atoms with Crippen molar-refractivity contribution in [2.75, 3.05) is 7.11 Å². The molecule has 0 unspecified atom stereocenters. The van der Waals surface area contributed by atoms with E-state index in [0.29, 0.717) is 0 Å². The first-order chi connectivity index (χ1) is 7.15. The zero-order chi connectivity index (χ0) is 11.3. The SMILES string of the molecule is COC(=O)[C@@H](Oc1[c]cccc1)C(N)=O. The lowest BCUT2D eigenvalue weighted by Crippen LogP contribution is -2.41. The van der Waals surface area contributed by atoms with Gasteiger partial charge in [-0.05, 0) is 6.07 Å². The first kappa shape index (κ1) is 11.0. The highest BCUT2D eigenvalue weighted by molar-refractivity contribution is 6.00. The number of hydrogen-bond acceptors (Lipinski definition) is 4. The summed E-state index contributed by atoms with van der Waals surface area (Å²) in [6.45, 7) is 0. The molecule has 2 N–H and O–H groups in total. The number of methoxy groups -OCH3 is 1. The van der Waals surface area contributed by atoms with E-state index in [1.807, 2.05) is 0 Å². The summed E-state index contributed by atoms with van der Waals surface area (Å²) in [5.41, 5.74) is 4.98. The number of carbonyl (C=O) groups is 2. The van der Waals surface area contributed by atoms with Crippen LogP contribution in [0.25, 0.3) is 0 Å². The topological polar surface area (TPSA) is 78.6 Å². The van der Waals surface area contributed by atoms with E-state index in [1.54, 1.807) is 24.3 Å². The molecule has 1 aromatic carbocycles. The van der Waals surface area contributed by atoms with Gasteiger partial charge < -0.3 is 15.2 Å². The summed E-state index contributed by atoms with van der Waals surface area (Å²) in [4.78, 5) is 22.0. The number of esters is 1. The maximum atomic E-state index is 11.1. The van der Waals surface area contributed by atoms with Crippen molar-refractivity contribution in [3.8, 4) is 5.75 Å². The average Bonchev–Trinajstić information content (AvgIpc) is 2.26. The number of amides is 1. The van der Waals surface area contributed by atoms with E-state index < -0.39 is 18.0 Å². The Labute approximate surface area is 86.8 Å². The number of benzene rings is 1. The van der Waals surface area contributed by atoms with Gasteiger partial charge in [-0.15, -0.1) is 0 Å². The second-order valence-electron chi connectivity index (χ2n) is 2.65. The molecule has 1 atom stereocenters. The predicted molar refractivity (Wildman–Crippen MR) is 50.9 cm³/mol. The molecule has 15 heavy (non-hydrogen) atoms. The number of carbonyl (C=O) groups excluding carboxylic acids is 2. The van der Waals surface area contributed by atoms with Gasteiger partial charge in [-0.1, -0.05) is 18.2 Å². The van der Waals surface area contributed by atoms with Crippen LogP contribution in [0.15, 0.2) is 24.3 Å². The fourth-order valence-electron chi connectivity index (χ4n) is 0.907. The van der Waals surface area contributed by atoms with Gasteiger partial charge in [-0.3, -0.25) is 4.79 Å². The molecule has 5 nitrogen and oxygen atoms in total. The van der Waals surface area contributed by atoms with Gasteiger partial charge in [0.25, 0.3) is 12.0 Å². The van der Waals surface area contributed by atoms with Gasteiger partial charge in [-0.25, -0.2) is 4.79 Å². The maximum Gasteiger partial charge on any atom is 0.357 e. The van der Waals surface area contributed by atoms with Gasteiger partial charge in [0.2, 0.25) is 0 Å². The molecule has 0 bridgehead atoms. The number of para-hydroxylation sites is 1. The van der Waals surface area contributed by atoms with Crippen LogP contribution in [0.3, 0.4) is 0 Å². The van der Waals surface area contributed by atoms with Crippen molar-refractivity contribution in [3.63, 3.8) is 0 Å². The summed E-state index contributed by atoms with van der Waals surface area (Å²) in [7, 11) is 1.15. The molecule has 0 saturated heterocycles. The lowest BCUT2D eigenvalue weighted by molar-refractivity contribution is -0.153. The third kappa shape index (κ3) is 2.98. The van der Waals surface area contributed by atoms with Crippen LogP contribution in [0.4, 0.5) is 0 Å². The second kappa shape index (κ2) is 4.99. The third-order valence-corrected chi connectivity index (χ3v) is 1.60. The molecule has 0 spiro atoms. The van der Waals surface area contributed by atoms with Crippen LogP contribution >= 0.6 is 0 Å². The first-order valence-electron chi connectivity index (χ1n) is 4.15. The average molecular weight is 208 g/mol. The van der Waals surface area contributed by atoms with Crippen LogP contribution in [-0.2, 0) is 14.3 Å². The number of nitrogens with two attached hydrogens (primary N) is 1. The Bertz CT molecular complexity index is 350. The summed E-state index contributed by atoms with van der Waals surface area (Å²) in [6.07, 6.45) is -1.44. The van der Waals surface area contributed by atoms with Crippen molar-refractivity contribution < 1.29 is 19.1 Å². The third-order valence-electron chi connectivity index (χ3n) is 1.60. The Hall–Kier alpha value is -2.04. The highest BCUT2D eigenvalue weighted by Crippen LogP contribution is 2.10. The van der Waals surface area contributed by atoms with E-state index in [9.17, 15) is 9.59 Å². The van der Waals surface area contributed by atoms with E-state index >= 15 is 0 Å². The fourth-order valence-corrected chi connectivity index (χ4v) is 0.907. The molecule has 0 aromatic heterocycles. The Morgan fingerprint density at radius 1 is 1.47 bits per heavy atom. The Morgan fingerprint density at radius 3 is 2.67 bits per heavy atom. The Balaban J connectivity index is 2.76. The maximum absolute atomic E-state index is 11.1. The van der Waals surface area contributed by atoms with E-state index in [1.165, 1.54) is 0 Å². The zero-order valence-electron chi connectivity index (χ0n) is 8.10. The molecule has 5 heteroatoms. The predicted octanol–water partition coefficient (Wildman–Crippen LogP) is -0.108. The van der Waals surface area contributed by atoms with Crippen molar-refractivity contribution in [2.24, 2.45) is 5.73 Å². The molecular weight excluding hydrogens is 198 g/mol. The molecule has 1 aromatic rings. The molecule has 0 aliphatic heterocycles. The van der Waals surface area contributed by atoms with Gasteiger partial charge in [0.15, 0.2) is 0 Å². The minimum atomic E-state index is -1.44. The minimum absolute atomic E-state index is 0.256. The van der Waals surface area contributed by atoms with Gasteiger partial charge in [0.05, 0.1) is 7.11 Å². The van der Waals surface area contributed by atoms with Crippen LogP contribution < -0.4 is 10.5 Å². The molecule has 0 aliphatic carbocycles. The molecular formula is C10H10NO4. The smallest absolute Gasteiger partial charge is 0.357 e. The van der Waals surface area contributed by atoms with Crippen molar-refractivity contribution in [3.05, 3.63) is 30.3 Å². The van der Waals surface area contributed by atoms with Crippen LogP contribution in [-0.4, -0.2) is 25.1 Å². The summed E-state index contributed by atoms with van der Waals surface area (Å²) in [6, 6.07) is 9.25. The van der Waals surface area contributed by atoms with Crippen molar-refractivity contribution in [2.45, 2.75) is 6.10 Å². The molecule has 0 saturated carbocycles. The quantitative estimate of drug-likeness (QED) is 0.553. The van der Waals surface area contributed by atoms with Gasteiger partial charge in [-0.2, -0.15) is 0 Å². The van der Waals surface area contributed by atoms with Gasteiger partial charge >= 0.3 is 5.97 Å². The van der Waals surface area contributed by atoms with Crippen LogP contribution in [0.1, 0.15) is 0 Å². The molecule has 0 aliphatic rings. The van der Waals surface area contributed by atoms with Crippen LogP contribution in [0.2, 0.25) is 0 Å². The van der Waals surface area contributed by atoms with Crippen molar-refractivity contribution in [1.29, 1.82) is 0 Å². The number of primary amides is 1. The van der Waals surface area contributed by atoms with E-state index in [-0.39, 0.29) is 5.75 Å². The van der Waals surface area contributed by atoms with E-state index in [0.717, 1.165) is 7.11 Å². The zero-order valence-corrected chi connectivity index (χ0v) is 8.10. The lowest BCUT2D eigenvalue weighted by atomic mass is 10.3. The highest BCUT2D eigenvalue weighted by Gasteiger charge is 2.27. The van der Waals surface area contributed by atoms with E-state index in [4.69, 9.17) is 10.5 Å². The highest BCUT2D eigenvalue weighted by atomic mass is 16.6. The van der Waals surface area contributed by atoms with Crippen molar-refractivity contribution >= 4 is 11.9 Å². The van der Waals surface area contributed by atoms with Crippen LogP contribution in [0, 0.1) is 6.07 Å². The molecule has 0 heterocycles. The Morgan fingerprint density at radius 2 is 2.20 bits per heavy atom. The summed E-state index contributed by atoms with van der Waals surface area (Å²) >= 11 is 0. The molecule has 79 valence electrons. The largest absolute Gasteiger partial charge is 0.468 e. The van der Waals surface area contributed by atoms with E-state index in [2.05, 4.69) is 10.8 Å². The minimum Gasteiger partial charge on any atom is -0.468 e. The number of ether oxygens (including phenoxy) is 2. The molecule has 1 rings (SSSR count). The van der Waals surface area contributed by atoms with Crippen LogP contribution in [0.5, 0.6) is 5.75 Å². The van der Waals surface area contributed by atoms with Gasteiger partial charge in [0, 0.05) is 6.07 Å². The number of hydrogen-bond donors (Lipinski definition) is 1. The molecule has 1 amide bonds. The lowest BCUT2D eigenvalue weighted by Gasteiger charge is -2.12.